The van der Waals surface area contributed by atoms with Gasteiger partial charge in [0.05, 0.1) is 11.3 Å². The first-order valence-electron chi connectivity index (χ1n) is 6.03. The van der Waals surface area contributed by atoms with E-state index in [4.69, 9.17) is 10.9 Å². The topological polar surface area (TPSA) is 105 Å². The van der Waals surface area contributed by atoms with Gasteiger partial charge in [-0.3, -0.25) is 0 Å². The molecule has 0 aromatic heterocycles. The molecule has 0 heterocycles. The van der Waals surface area contributed by atoms with E-state index in [1.807, 2.05) is 0 Å². The molecule has 98 valence electrons. The van der Waals surface area contributed by atoms with Crippen molar-refractivity contribution in [1.29, 1.82) is 0 Å². The lowest BCUT2D eigenvalue weighted by atomic mass is 10.2. The highest BCUT2D eigenvalue weighted by Gasteiger charge is 2.39. The molecule has 1 unspecified atom stereocenters. The van der Waals surface area contributed by atoms with Gasteiger partial charge in [0.15, 0.2) is 5.84 Å². The predicted octanol–water partition coefficient (Wildman–Crippen LogP) is 0.373. The summed E-state index contributed by atoms with van der Waals surface area (Å²) in [6.07, 6.45) is 5.19. The van der Waals surface area contributed by atoms with Gasteiger partial charge < -0.3 is 10.9 Å². The van der Waals surface area contributed by atoms with E-state index in [1.165, 1.54) is 0 Å². The molecule has 2 fully saturated rings. The summed E-state index contributed by atoms with van der Waals surface area (Å²) in [5.41, 5.74) is 5.54. The van der Waals surface area contributed by atoms with Crippen molar-refractivity contribution in [3.63, 3.8) is 0 Å². The van der Waals surface area contributed by atoms with Crippen molar-refractivity contribution in [1.82, 2.24) is 4.72 Å². The number of amidine groups is 1. The van der Waals surface area contributed by atoms with Crippen molar-refractivity contribution in [2.24, 2.45) is 16.8 Å². The van der Waals surface area contributed by atoms with Crippen LogP contribution in [0.25, 0.3) is 0 Å². The first-order valence-corrected chi connectivity index (χ1v) is 7.58. The van der Waals surface area contributed by atoms with E-state index in [2.05, 4.69) is 9.88 Å². The fraction of sp³-hybridized carbons (Fsp3) is 0.900. The highest BCUT2D eigenvalue weighted by molar-refractivity contribution is 7.90. The normalized spacial score (nSPS) is 25.1. The van der Waals surface area contributed by atoms with Gasteiger partial charge in [0.25, 0.3) is 0 Å². The molecule has 4 N–H and O–H groups in total. The summed E-state index contributed by atoms with van der Waals surface area (Å²) in [6.45, 7) is 0. The Bertz CT molecular complexity index is 397. The first-order chi connectivity index (χ1) is 8.04. The van der Waals surface area contributed by atoms with Crippen LogP contribution in [0, 0.1) is 5.92 Å². The molecule has 0 aromatic rings. The lowest BCUT2D eigenvalue weighted by Crippen LogP contribution is -2.48. The molecule has 0 spiro atoms. The molecule has 0 saturated heterocycles. The van der Waals surface area contributed by atoms with Gasteiger partial charge >= 0.3 is 0 Å². The number of rotatable bonds is 5. The van der Waals surface area contributed by atoms with Crippen molar-refractivity contribution < 1.29 is 13.6 Å². The van der Waals surface area contributed by atoms with E-state index in [-0.39, 0.29) is 17.0 Å². The molecular weight excluding hydrogens is 242 g/mol. The Kier molecular flexibility index (Phi) is 3.58. The lowest BCUT2D eigenvalue weighted by Gasteiger charge is -2.19. The van der Waals surface area contributed by atoms with E-state index >= 15 is 0 Å². The summed E-state index contributed by atoms with van der Waals surface area (Å²) >= 11 is 0. The smallest absolute Gasteiger partial charge is 0.215 e. The zero-order valence-corrected chi connectivity index (χ0v) is 10.5. The maximum Gasteiger partial charge on any atom is 0.215 e. The summed E-state index contributed by atoms with van der Waals surface area (Å²) in [6, 6.07) is -0.536. The maximum atomic E-state index is 12.1. The summed E-state index contributed by atoms with van der Waals surface area (Å²) < 4.78 is 26.8. The van der Waals surface area contributed by atoms with Gasteiger partial charge in [0, 0.05) is 0 Å². The number of nitrogens with zero attached hydrogens (tertiary/aromatic N) is 1. The van der Waals surface area contributed by atoms with E-state index < -0.39 is 16.1 Å². The average Bonchev–Trinajstić information content (AvgIpc) is 2.98. The van der Waals surface area contributed by atoms with Crippen molar-refractivity contribution in [3.05, 3.63) is 0 Å². The third-order valence-electron chi connectivity index (χ3n) is 3.56. The number of nitrogens with two attached hydrogens (primary N) is 1. The van der Waals surface area contributed by atoms with Crippen LogP contribution in [0.4, 0.5) is 0 Å². The van der Waals surface area contributed by atoms with Crippen LogP contribution in [0.1, 0.15) is 38.5 Å². The molecule has 0 aliphatic heterocycles. The molecule has 1 atom stereocenters. The van der Waals surface area contributed by atoms with Crippen LogP contribution in [0.3, 0.4) is 0 Å². The third kappa shape index (κ3) is 2.90. The summed E-state index contributed by atoms with van der Waals surface area (Å²) in [5, 5.41) is 11.3. The predicted molar refractivity (Wildman–Crippen MR) is 64.2 cm³/mol. The highest BCUT2D eigenvalue weighted by atomic mass is 32.2. The molecule has 0 radical (unpaired) electrons. The van der Waals surface area contributed by atoms with E-state index in [1.54, 1.807) is 0 Å². The van der Waals surface area contributed by atoms with Gasteiger partial charge in [-0.15, -0.1) is 0 Å². The van der Waals surface area contributed by atoms with Crippen LogP contribution in [-0.4, -0.2) is 30.8 Å². The molecular formula is C10H19N3O3S. The fourth-order valence-corrected chi connectivity index (χ4v) is 4.18. The molecule has 0 bridgehead atoms. The van der Waals surface area contributed by atoms with Crippen molar-refractivity contribution in [2.75, 3.05) is 0 Å². The maximum absolute atomic E-state index is 12.1. The molecule has 2 saturated carbocycles. The Morgan fingerprint density at radius 2 is 1.88 bits per heavy atom. The van der Waals surface area contributed by atoms with Gasteiger partial charge in [-0.25, -0.2) is 13.1 Å². The molecule has 2 rings (SSSR count). The van der Waals surface area contributed by atoms with Crippen LogP contribution in [-0.2, 0) is 10.0 Å². The second-order valence-corrected chi connectivity index (χ2v) is 6.90. The number of oxime groups is 1. The zero-order valence-electron chi connectivity index (χ0n) is 9.67. The number of hydrogen-bond acceptors (Lipinski definition) is 4. The Hall–Kier alpha value is -0.820. The van der Waals surface area contributed by atoms with Crippen molar-refractivity contribution in [3.8, 4) is 0 Å². The quantitative estimate of drug-likeness (QED) is 0.288. The molecule has 0 amide bonds. The third-order valence-corrected chi connectivity index (χ3v) is 5.49. The Balaban J connectivity index is 2.06. The molecule has 7 heteroatoms. The second-order valence-electron chi connectivity index (χ2n) is 4.91. The summed E-state index contributed by atoms with van der Waals surface area (Å²) in [7, 11) is -3.34. The zero-order chi connectivity index (χ0) is 12.5. The van der Waals surface area contributed by atoms with E-state index in [9.17, 15) is 8.42 Å². The summed E-state index contributed by atoms with van der Waals surface area (Å²) in [5.74, 6) is 0.149. The molecule has 2 aliphatic carbocycles. The van der Waals surface area contributed by atoms with Gasteiger partial charge in [-0.1, -0.05) is 18.0 Å². The fourth-order valence-electron chi connectivity index (χ4n) is 2.36. The minimum absolute atomic E-state index is 0.0333. The molecule has 2 aliphatic rings. The van der Waals surface area contributed by atoms with Crippen LogP contribution >= 0.6 is 0 Å². The summed E-state index contributed by atoms with van der Waals surface area (Å²) in [4.78, 5) is 0. The van der Waals surface area contributed by atoms with Crippen molar-refractivity contribution in [2.45, 2.75) is 49.8 Å². The lowest BCUT2D eigenvalue weighted by molar-refractivity contribution is 0.314. The van der Waals surface area contributed by atoms with Crippen LogP contribution in [0.15, 0.2) is 5.16 Å². The van der Waals surface area contributed by atoms with Crippen LogP contribution in [0.5, 0.6) is 0 Å². The van der Waals surface area contributed by atoms with Gasteiger partial charge in [0.1, 0.15) is 0 Å². The Morgan fingerprint density at radius 3 is 2.35 bits per heavy atom. The highest BCUT2D eigenvalue weighted by Crippen LogP contribution is 2.34. The first kappa shape index (κ1) is 12.6. The number of sulfonamides is 1. The minimum Gasteiger partial charge on any atom is -0.409 e. The number of hydrogen-bond donors (Lipinski definition) is 3. The molecule has 6 nitrogen and oxygen atoms in total. The van der Waals surface area contributed by atoms with Gasteiger partial charge in [-0.05, 0) is 31.6 Å². The average molecular weight is 261 g/mol. The van der Waals surface area contributed by atoms with Crippen molar-refractivity contribution >= 4 is 15.9 Å². The molecule has 0 aromatic carbocycles. The Labute approximate surface area is 101 Å². The largest absolute Gasteiger partial charge is 0.409 e. The van der Waals surface area contributed by atoms with Gasteiger partial charge in [0.2, 0.25) is 10.0 Å². The Morgan fingerprint density at radius 1 is 1.29 bits per heavy atom. The van der Waals surface area contributed by atoms with Gasteiger partial charge in [-0.2, -0.15) is 0 Å². The SMILES string of the molecule is NC(=NO)C(NS(=O)(=O)C1CCCC1)C1CC1. The standard InChI is InChI=1S/C10H19N3O3S/c11-10(12-14)9(7-5-6-7)13-17(15,16)8-3-1-2-4-8/h7-9,13-14H,1-6H2,(H2,11,12). The minimum atomic E-state index is -3.34. The molecule has 17 heavy (non-hydrogen) atoms. The van der Waals surface area contributed by atoms with Crippen LogP contribution < -0.4 is 10.5 Å². The van der Waals surface area contributed by atoms with E-state index in [0.29, 0.717) is 12.8 Å². The second kappa shape index (κ2) is 4.81. The monoisotopic (exact) mass is 261 g/mol. The number of nitrogens with one attached hydrogen (secondary N) is 1. The van der Waals surface area contributed by atoms with E-state index in [0.717, 1.165) is 25.7 Å². The van der Waals surface area contributed by atoms with Crippen LogP contribution in [0.2, 0.25) is 0 Å².